The van der Waals surface area contributed by atoms with Crippen LogP contribution in [0, 0.1) is 11.8 Å². The lowest BCUT2D eigenvalue weighted by Crippen LogP contribution is -2.39. The first-order valence-corrected chi connectivity index (χ1v) is 7.44. The summed E-state index contributed by atoms with van der Waals surface area (Å²) in [5.41, 5.74) is 0.738. The van der Waals surface area contributed by atoms with Crippen molar-refractivity contribution in [3.8, 4) is 0 Å². The zero-order valence-corrected chi connectivity index (χ0v) is 12.1. The van der Waals surface area contributed by atoms with E-state index in [9.17, 15) is 23.1 Å². The topological polar surface area (TPSA) is 49.3 Å². The number of hydrogen-bond donors (Lipinski definition) is 2. The third kappa shape index (κ3) is 4.22. The van der Waals surface area contributed by atoms with Gasteiger partial charge in [0.05, 0.1) is 18.6 Å². The van der Waals surface area contributed by atoms with E-state index in [0.29, 0.717) is 12.8 Å². The van der Waals surface area contributed by atoms with Crippen LogP contribution in [0.2, 0.25) is 0 Å². The van der Waals surface area contributed by atoms with Gasteiger partial charge in [-0.15, -0.1) is 0 Å². The number of carbonyl (C=O) groups is 1. The van der Waals surface area contributed by atoms with Crippen LogP contribution in [-0.4, -0.2) is 23.8 Å². The van der Waals surface area contributed by atoms with Crippen molar-refractivity contribution < 1.29 is 23.1 Å². The average Bonchev–Trinajstić information content (AvgIpc) is 2.52. The molecule has 3 nitrogen and oxygen atoms in total. The first-order chi connectivity index (χ1) is 10.4. The Morgan fingerprint density at radius 2 is 1.95 bits per heavy atom. The minimum Gasteiger partial charge on any atom is -0.394 e. The van der Waals surface area contributed by atoms with Crippen molar-refractivity contribution in [2.24, 2.45) is 11.8 Å². The zero-order valence-electron chi connectivity index (χ0n) is 12.1. The summed E-state index contributed by atoms with van der Waals surface area (Å²) in [7, 11) is 0. The van der Waals surface area contributed by atoms with E-state index >= 15 is 0 Å². The SMILES string of the molecule is O=C(NC(CO)c1ccccc1)C1CCCC(C(F)(F)F)C1. The minimum atomic E-state index is -4.24. The molecule has 6 heteroatoms. The maximum Gasteiger partial charge on any atom is 0.391 e. The zero-order chi connectivity index (χ0) is 16.2. The van der Waals surface area contributed by atoms with Crippen molar-refractivity contribution in [2.75, 3.05) is 6.61 Å². The van der Waals surface area contributed by atoms with E-state index < -0.39 is 30.0 Å². The Morgan fingerprint density at radius 3 is 2.55 bits per heavy atom. The van der Waals surface area contributed by atoms with E-state index in [1.54, 1.807) is 24.3 Å². The molecule has 1 saturated carbocycles. The molecule has 0 spiro atoms. The summed E-state index contributed by atoms with van der Waals surface area (Å²) < 4.78 is 38.4. The first kappa shape index (κ1) is 16.8. The van der Waals surface area contributed by atoms with Gasteiger partial charge in [-0.2, -0.15) is 13.2 Å². The van der Waals surface area contributed by atoms with E-state index in [-0.39, 0.29) is 19.4 Å². The summed E-state index contributed by atoms with van der Waals surface area (Å²) >= 11 is 0. The summed E-state index contributed by atoms with van der Waals surface area (Å²) in [4.78, 5) is 12.2. The number of benzene rings is 1. The molecule has 1 aliphatic rings. The largest absolute Gasteiger partial charge is 0.394 e. The predicted octanol–water partition coefficient (Wildman–Crippen LogP) is 3.20. The van der Waals surface area contributed by atoms with Crippen LogP contribution < -0.4 is 5.32 Å². The number of nitrogens with one attached hydrogen (secondary N) is 1. The summed E-state index contributed by atoms with van der Waals surface area (Å²) in [5.74, 6) is -2.45. The Hall–Kier alpha value is -1.56. The molecule has 0 saturated heterocycles. The fourth-order valence-electron chi connectivity index (χ4n) is 2.93. The van der Waals surface area contributed by atoms with Gasteiger partial charge in [0.15, 0.2) is 0 Å². The van der Waals surface area contributed by atoms with E-state index in [1.165, 1.54) is 0 Å². The molecule has 122 valence electrons. The second-order valence-electron chi connectivity index (χ2n) is 5.76. The van der Waals surface area contributed by atoms with Crippen molar-refractivity contribution in [1.29, 1.82) is 0 Å². The van der Waals surface area contributed by atoms with Gasteiger partial charge in [0, 0.05) is 5.92 Å². The van der Waals surface area contributed by atoms with Gasteiger partial charge < -0.3 is 10.4 Å². The predicted molar refractivity (Wildman–Crippen MR) is 75.9 cm³/mol. The molecule has 1 aromatic rings. The second-order valence-corrected chi connectivity index (χ2v) is 5.76. The average molecular weight is 315 g/mol. The highest BCUT2D eigenvalue weighted by Crippen LogP contribution is 2.40. The molecule has 1 amide bonds. The van der Waals surface area contributed by atoms with Gasteiger partial charge in [-0.1, -0.05) is 36.8 Å². The second kappa shape index (κ2) is 7.13. The van der Waals surface area contributed by atoms with Crippen LogP contribution in [0.15, 0.2) is 30.3 Å². The highest BCUT2D eigenvalue weighted by molar-refractivity contribution is 5.79. The molecule has 0 heterocycles. The third-order valence-corrected chi connectivity index (χ3v) is 4.21. The molecule has 3 unspecified atom stereocenters. The fourth-order valence-corrected chi connectivity index (χ4v) is 2.93. The number of rotatable bonds is 4. The highest BCUT2D eigenvalue weighted by atomic mass is 19.4. The van der Waals surface area contributed by atoms with Gasteiger partial charge in [-0.3, -0.25) is 4.79 Å². The summed E-state index contributed by atoms with van der Waals surface area (Å²) in [5, 5.41) is 12.1. The number of aliphatic hydroxyl groups excluding tert-OH is 1. The molecule has 2 N–H and O–H groups in total. The van der Waals surface area contributed by atoms with Crippen LogP contribution in [0.5, 0.6) is 0 Å². The van der Waals surface area contributed by atoms with Crippen molar-refractivity contribution in [3.05, 3.63) is 35.9 Å². The van der Waals surface area contributed by atoms with Crippen LogP contribution >= 0.6 is 0 Å². The lowest BCUT2D eigenvalue weighted by atomic mass is 9.80. The Balaban J connectivity index is 1.99. The first-order valence-electron chi connectivity index (χ1n) is 7.44. The van der Waals surface area contributed by atoms with Gasteiger partial charge in [0.2, 0.25) is 5.91 Å². The molecular weight excluding hydrogens is 295 g/mol. The molecule has 1 fully saturated rings. The Labute approximate surface area is 127 Å². The molecule has 1 aromatic carbocycles. The Morgan fingerprint density at radius 1 is 1.27 bits per heavy atom. The van der Waals surface area contributed by atoms with Gasteiger partial charge >= 0.3 is 6.18 Å². The van der Waals surface area contributed by atoms with Crippen LogP contribution in [-0.2, 0) is 4.79 Å². The van der Waals surface area contributed by atoms with E-state index in [4.69, 9.17) is 0 Å². The smallest absolute Gasteiger partial charge is 0.391 e. The molecule has 2 rings (SSSR count). The van der Waals surface area contributed by atoms with Crippen LogP contribution in [0.3, 0.4) is 0 Å². The van der Waals surface area contributed by atoms with Crippen LogP contribution in [0.25, 0.3) is 0 Å². The standard InChI is InChI=1S/C16H20F3NO2/c17-16(18,19)13-8-4-7-12(9-13)15(22)20-14(10-21)11-5-2-1-3-6-11/h1-3,5-6,12-14,21H,4,7-10H2,(H,20,22). The Kier molecular flexibility index (Phi) is 5.45. The highest BCUT2D eigenvalue weighted by Gasteiger charge is 2.43. The molecule has 0 bridgehead atoms. The monoisotopic (exact) mass is 315 g/mol. The summed E-state index contributed by atoms with van der Waals surface area (Å²) in [6.07, 6.45) is -3.45. The van der Waals surface area contributed by atoms with Crippen LogP contribution in [0.4, 0.5) is 13.2 Å². The molecule has 0 radical (unpaired) electrons. The Bertz CT molecular complexity index is 490. The van der Waals surface area contributed by atoms with Gasteiger partial charge in [0.25, 0.3) is 0 Å². The van der Waals surface area contributed by atoms with Gasteiger partial charge in [-0.05, 0) is 24.8 Å². The fraction of sp³-hybridized carbons (Fsp3) is 0.562. The molecule has 22 heavy (non-hydrogen) atoms. The number of aliphatic hydroxyl groups is 1. The molecular formula is C16H20F3NO2. The van der Waals surface area contributed by atoms with Crippen LogP contribution in [0.1, 0.15) is 37.3 Å². The molecule has 1 aliphatic carbocycles. The molecule has 0 aliphatic heterocycles. The van der Waals surface area contributed by atoms with E-state index in [2.05, 4.69) is 5.32 Å². The maximum atomic E-state index is 12.8. The molecule has 3 atom stereocenters. The quantitative estimate of drug-likeness (QED) is 0.896. The van der Waals surface area contributed by atoms with Gasteiger partial charge in [-0.25, -0.2) is 0 Å². The third-order valence-electron chi connectivity index (χ3n) is 4.21. The normalized spacial score (nSPS) is 23.8. The van der Waals surface area contributed by atoms with Crippen molar-refractivity contribution in [2.45, 2.75) is 37.9 Å². The number of alkyl halides is 3. The summed E-state index contributed by atoms with van der Waals surface area (Å²) in [6, 6.07) is 8.32. The lowest BCUT2D eigenvalue weighted by Gasteiger charge is -2.30. The van der Waals surface area contributed by atoms with Crippen molar-refractivity contribution >= 4 is 5.91 Å². The van der Waals surface area contributed by atoms with Gasteiger partial charge in [0.1, 0.15) is 0 Å². The minimum absolute atomic E-state index is 0.0927. The number of carbonyl (C=O) groups excluding carboxylic acids is 1. The maximum absolute atomic E-state index is 12.8. The van der Waals surface area contributed by atoms with E-state index in [1.807, 2.05) is 6.07 Å². The molecule has 0 aromatic heterocycles. The number of amides is 1. The summed E-state index contributed by atoms with van der Waals surface area (Å²) in [6.45, 7) is -0.287. The lowest BCUT2D eigenvalue weighted by molar-refractivity contribution is -0.186. The van der Waals surface area contributed by atoms with Crippen molar-refractivity contribution in [1.82, 2.24) is 5.32 Å². The number of hydrogen-bond acceptors (Lipinski definition) is 2. The van der Waals surface area contributed by atoms with Crippen molar-refractivity contribution in [3.63, 3.8) is 0 Å². The number of halogens is 3. The van der Waals surface area contributed by atoms with E-state index in [0.717, 1.165) is 5.56 Å².